The van der Waals surface area contributed by atoms with Gasteiger partial charge in [0, 0.05) is 0 Å². The number of carbonyl (C=O) groups is 1. The van der Waals surface area contributed by atoms with Crippen LogP contribution in [0.15, 0.2) is 0 Å². The molecule has 3 fully saturated rings. The third kappa shape index (κ3) is 4.48. The van der Waals surface area contributed by atoms with Gasteiger partial charge >= 0.3 is 5.97 Å². The van der Waals surface area contributed by atoms with Crippen molar-refractivity contribution in [2.45, 2.75) is 96.2 Å². The van der Waals surface area contributed by atoms with E-state index in [9.17, 15) is 9.18 Å². The molecule has 0 heterocycles. The lowest BCUT2D eigenvalue weighted by atomic mass is 9.71. The molecule has 0 aromatic rings. The first-order valence-electron chi connectivity index (χ1n) is 9.98. The Hall–Kier alpha value is -0.600. The van der Waals surface area contributed by atoms with E-state index in [1.54, 1.807) is 0 Å². The van der Waals surface area contributed by atoms with Gasteiger partial charge in [-0.05, 0) is 62.7 Å². The van der Waals surface area contributed by atoms with Gasteiger partial charge in [0.05, 0.1) is 5.92 Å². The van der Waals surface area contributed by atoms with Crippen LogP contribution in [0.1, 0.15) is 84.0 Å². The molecule has 3 rings (SSSR count). The normalized spacial score (nSPS) is 39.8. The first kappa shape index (κ1) is 17.2. The highest BCUT2D eigenvalue weighted by Crippen LogP contribution is 2.40. The summed E-state index contributed by atoms with van der Waals surface area (Å²) >= 11 is 0. The summed E-state index contributed by atoms with van der Waals surface area (Å²) in [6.45, 7) is 1.93. The number of ether oxygens (including phenoxy) is 1. The Morgan fingerprint density at radius 1 is 0.870 bits per heavy atom. The van der Waals surface area contributed by atoms with Gasteiger partial charge in [-0.1, -0.05) is 39.0 Å². The van der Waals surface area contributed by atoms with Gasteiger partial charge in [0.25, 0.3) is 0 Å². The maximum absolute atomic E-state index is 13.5. The lowest BCUT2D eigenvalue weighted by molar-refractivity contribution is -0.158. The largest absolute Gasteiger partial charge is 0.462 e. The third-order valence-electron chi connectivity index (χ3n) is 6.72. The summed E-state index contributed by atoms with van der Waals surface area (Å²) in [7, 11) is 0. The van der Waals surface area contributed by atoms with Crippen LogP contribution in [0.5, 0.6) is 0 Å². The van der Waals surface area contributed by atoms with Gasteiger partial charge in [0.15, 0.2) is 0 Å². The van der Waals surface area contributed by atoms with Crippen LogP contribution in [0, 0.1) is 23.7 Å². The predicted molar refractivity (Wildman–Crippen MR) is 89.8 cm³/mol. The van der Waals surface area contributed by atoms with Gasteiger partial charge in [0.1, 0.15) is 12.3 Å². The molecule has 23 heavy (non-hydrogen) atoms. The van der Waals surface area contributed by atoms with E-state index in [1.807, 2.05) is 6.92 Å². The van der Waals surface area contributed by atoms with Crippen molar-refractivity contribution in [2.24, 2.45) is 23.7 Å². The van der Waals surface area contributed by atoms with Crippen molar-refractivity contribution < 1.29 is 13.9 Å². The van der Waals surface area contributed by atoms with Crippen molar-refractivity contribution in [1.29, 1.82) is 0 Å². The number of hydrogen-bond acceptors (Lipinski definition) is 2. The minimum atomic E-state index is -0.712. The molecule has 0 bridgehead atoms. The van der Waals surface area contributed by atoms with Crippen LogP contribution in [0.25, 0.3) is 0 Å². The number of hydrogen-bond donors (Lipinski definition) is 0. The van der Waals surface area contributed by atoms with Crippen LogP contribution in [0.3, 0.4) is 0 Å². The molecule has 3 aliphatic rings. The highest BCUT2D eigenvalue weighted by Gasteiger charge is 2.34. The topological polar surface area (TPSA) is 26.3 Å². The second-order valence-corrected chi connectivity index (χ2v) is 8.38. The summed E-state index contributed by atoms with van der Waals surface area (Å²) < 4.78 is 19.2. The van der Waals surface area contributed by atoms with Crippen molar-refractivity contribution in [1.82, 2.24) is 0 Å². The maximum Gasteiger partial charge on any atom is 0.309 e. The van der Waals surface area contributed by atoms with E-state index in [0.717, 1.165) is 24.7 Å². The van der Waals surface area contributed by atoms with Gasteiger partial charge in [-0.3, -0.25) is 4.79 Å². The number of carbonyl (C=O) groups excluding carboxylic acids is 1. The summed E-state index contributed by atoms with van der Waals surface area (Å²) in [6.07, 6.45) is 12.7. The minimum Gasteiger partial charge on any atom is -0.462 e. The molecule has 0 amide bonds. The monoisotopic (exact) mass is 324 g/mol. The van der Waals surface area contributed by atoms with Crippen molar-refractivity contribution in [2.75, 3.05) is 0 Å². The molecule has 3 saturated carbocycles. The second-order valence-electron chi connectivity index (χ2n) is 8.38. The van der Waals surface area contributed by atoms with E-state index in [1.165, 1.54) is 44.9 Å². The first-order valence-corrected chi connectivity index (χ1v) is 9.98. The van der Waals surface area contributed by atoms with Crippen LogP contribution < -0.4 is 0 Å². The fraction of sp³-hybridized carbons (Fsp3) is 0.950. The SMILES string of the molecule is CC1CC(OC(=O)C2CCC(C3CCCCC3)CC2)CCC1F. The molecular formula is C20H33FO2. The molecule has 3 atom stereocenters. The zero-order valence-electron chi connectivity index (χ0n) is 14.6. The molecule has 3 unspecified atom stereocenters. The second kappa shape index (κ2) is 7.98. The fourth-order valence-corrected chi connectivity index (χ4v) is 5.11. The Balaban J connectivity index is 1.41. The number of esters is 1. The zero-order chi connectivity index (χ0) is 16.2. The summed E-state index contributed by atoms with van der Waals surface area (Å²) in [6, 6.07) is 0. The Bertz CT molecular complexity index is 383. The molecule has 0 saturated heterocycles. The molecule has 0 aromatic carbocycles. The predicted octanol–water partition coefficient (Wildman–Crippen LogP) is 5.44. The highest BCUT2D eigenvalue weighted by atomic mass is 19.1. The average molecular weight is 324 g/mol. The third-order valence-corrected chi connectivity index (χ3v) is 6.72. The van der Waals surface area contributed by atoms with Crippen molar-refractivity contribution in [3.05, 3.63) is 0 Å². The fourth-order valence-electron chi connectivity index (χ4n) is 5.11. The van der Waals surface area contributed by atoms with Crippen molar-refractivity contribution in [3.8, 4) is 0 Å². The molecule has 3 heteroatoms. The van der Waals surface area contributed by atoms with Gasteiger partial charge in [-0.2, -0.15) is 0 Å². The van der Waals surface area contributed by atoms with E-state index in [0.29, 0.717) is 19.3 Å². The van der Waals surface area contributed by atoms with E-state index in [-0.39, 0.29) is 23.9 Å². The van der Waals surface area contributed by atoms with E-state index in [4.69, 9.17) is 4.74 Å². The summed E-state index contributed by atoms with van der Waals surface area (Å²) in [5.74, 6) is 1.90. The summed E-state index contributed by atoms with van der Waals surface area (Å²) in [5.41, 5.74) is 0. The van der Waals surface area contributed by atoms with Crippen LogP contribution >= 0.6 is 0 Å². The molecule has 2 nitrogen and oxygen atoms in total. The quantitative estimate of drug-likeness (QED) is 0.646. The Kier molecular flexibility index (Phi) is 5.98. The van der Waals surface area contributed by atoms with E-state index >= 15 is 0 Å². The first-order chi connectivity index (χ1) is 11.1. The van der Waals surface area contributed by atoms with E-state index in [2.05, 4.69) is 0 Å². The molecule has 0 aliphatic heterocycles. The Morgan fingerprint density at radius 2 is 1.52 bits per heavy atom. The minimum absolute atomic E-state index is 0.00148. The summed E-state index contributed by atoms with van der Waals surface area (Å²) in [4.78, 5) is 12.4. The molecule has 0 spiro atoms. The lowest BCUT2D eigenvalue weighted by Gasteiger charge is -2.36. The van der Waals surface area contributed by atoms with Crippen LogP contribution in [0.2, 0.25) is 0 Å². The average Bonchev–Trinajstić information content (AvgIpc) is 2.59. The zero-order valence-corrected chi connectivity index (χ0v) is 14.6. The molecule has 0 aromatic heterocycles. The van der Waals surface area contributed by atoms with Gasteiger partial charge < -0.3 is 4.74 Å². The molecule has 0 radical (unpaired) electrons. The number of halogens is 1. The van der Waals surface area contributed by atoms with Crippen LogP contribution in [-0.2, 0) is 9.53 Å². The molecule has 3 aliphatic carbocycles. The van der Waals surface area contributed by atoms with Gasteiger partial charge in [0.2, 0.25) is 0 Å². The van der Waals surface area contributed by atoms with Crippen LogP contribution in [0.4, 0.5) is 4.39 Å². The Morgan fingerprint density at radius 3 is 2.17 bits per heavy atom. The molecule has 0 N–H and O–H groups in total. The lowest BCUT2D eigenvalue weighted by Crippen LogP contribution is -2.34. The Labute approximate surface area is 140 Å². The van der Waals surface area contributed by atoms with E-state index < -0.39 is 6.17 Å². The van der Waals surface area contributed by atoms with Crippen LogP contribution in [-0.4, -0.2) is 18.2 Å². The van der Waals surface area contributed by atoms with Gasteiger partial charge in [-0.25, -0.2) is 4.39 Å². The smallest absolute Gasteiger partial charge is 0.309 e. The van der Waals surface area contributed by atoms with Crippen molar-refractivity contribution >= 4 is 5.97 Å². The van der Waals surface area contributed by atoms with Crippen molar-refractivity contribution in [3.63, 3.8) is 0 Å². The standard InChI is InChI=1S/C20H33FO2/c1-14-13-18(11-12-19(14)21)23-20(22)17-9-7-16(8-10-17)15-5-3-2-4-6-15/h14-19H,2-13H2,1H3. The summed E-state index contributed by atoms with van der Waals surface area (Å²) in [5, 5.41) is 0. The highest BCUT2D eigenvalue weighted by molar-refractivity contribution is 5.72. The molecular weight excluding hydrogens is 291 g/mol. The maximum atomic E-state index is 13.5. The van der Waals surface area contributed by atoms with Gasteiger partial charge in [-0.15, -0.1) is 0 Å². The number of rotatable bonds is 3. The molecule has 132 valence electrons. The number of alkyl halides is 1.